The van der Waals surface area contributed by atoms with Crippen molar-refractivity contribution in [1.82, 2.24) is 20.2 Å². The first-order valence-electron chi connectivity index (χ1n) is 7.59. The molecule has 3 rings (SSSR count). The van der Waals surface area contributed by atoms with E-state index in [9.17, 15) is 9.59 Å². The summed E-state index contributed by atoms with van der Waals surface area (Å²) in [7, 11) is 0. The summed E-state index contributed by atoms with van der Waals surface area (Å²) in [5.41, 5.74) is 2.96. The number of aromatic amines is 2. The standard InChI is InChI=1S/C17H17N5O2/c1-3-12-14(11-6-8-18-9-7-11)21-22-15(12)20-17(24)13-5-4-10(2)19-16(13)23/h4-9H,3H2,1-2H3,(H,19,23)(H2,20,21,22,24). The SMILES string of the molecule is CCc1c(NC(=O)c2ccc(C)[nH]c2=O)n[nH]c1-c1ccncc1. The number of rotatable bonds is 4. The van der Waals surface area contributed by atoms with Crippen LogP contribution in [0.3, 0.4) is 0 Å². The molecule has 0 spiro atoms. The minimum Gasteiger partial charge on any atom is -0.326 e. The maximum absolute atomic E-state index is 12.4. The highest BCUT2D eigenvalue weighted by molar-refractivity contribution is 6.04. The molecule has 122 valence electrons. The molecule has 0 saturated heterocycles. The number of anilines is 1. The monoisotopic (exact) mass is 323 g/mol. The molecular formula is C17H17N5O2. The molecule has 0 saturated carbocycles. The van der Waals surface area contributed by atoms with E-state index in [0.717, 1.165) is 16.8 Å². The zero-order valence-corrected chi connectivity index (χ0v) is 13.4. The molecule has 0 atom stereocenters. The molecule has 0 radical (unpaired) electrons. The Balaban J connectivity index is 1.92. The number of H-pyrrole nitrogens is 2. The van der Waals surface area contributed by atoms with Crippen LogP contribution in [0.15, 0.2) is 41.5 Å². The van der Waals surface area contributed by atoms with Gasteiger partial charge in [0.25, 0.3) is 11.5 Å². The Morgan fingerprint density at radius 3 is 2.62 bits per heavy atom. The van der Waals surface area contributed by atoms with Gasteiger partial charge in [0.1, 0.15) is 5.56 Å². The Labute approximate surface area is 138 Å². The maximum Gasteiger partial charge on any atom is 0.262 e. The third-order valence-corrected chi connectivity index (χ3v) is 3.72. The van der Waals surface area contributed by atoms with Crippen molar-refractivity contribution in [2.24, 2.45) is 0 Å². The Hall–Kier alpha value is -3.22. The summed E-state index contributed by atoms with van der Waals surface area (Å²) in [6, 6.07) is 6.92. The average molecular weight is 323 g/mol. The maximum atomic E-state index is 12.4. The Bertz CT molecular complexity index is 928. The van der Waals surface area contributed by atoms with E-state index in [2.05, 4.69) is 25.5 Å². The first-order chi connectivity index (χ1) is 11.6. The highest BCUT2D eigenvalue weighted by Gasteiger charge is 2.17. The van der Waals surface area contributed by atoms with Crippen molar-refractivity contribution in [2.75, 3.05) is 5.32 Å². The molecule has 3 aromatic heterocycles. The van der Waals surface area contributed by atoms with Crippen LogP contribution in [0.2, 0.25) is 0 Å². The van der Waals surface area contributed by atoms with Crippen LogP contribution >= 0.6 is 0 Å². The fourth-order valence-electron chi connectivity index (χ4n) is 2.50. The number of nitrogens with zero attached hydrogens (tertiary/aromatic N) is 2. The molecule has 0 aliphatic heterocycles. The number of aryl methyl sites for hydroxylation is 1. The van der Waals surface area contributed by atoms with E-state index >= 15 is 0 Å². The van der Waals surface area contributed by atoms with Crippen molar-refractivity contribution in [3.05, 3.63) is 63.8 Å². The van der Waals surface area contributed by atoms with Crippen LogP contribution in [0.1, 0.15) is 28.5 Å². The van der Waals surface area contributed by atoms with Crippen LogP contribution in [-0.4, -0.2) is 26.1 Å². The summed E-state index contributed by atoms with van der Waals surface area (Å²) in [5.74, 6) is -0.0620. The lowest BCUT2D eigenvalue weighted by Crippen LogP contribution is -2.23. The van der Waals surface area contributed by atoms with Crippen LogP contribution < -0.4 is 10.9 Å². The molecule has 0 bridgehead atoms. The molecular weight excluding hydrogens is 306 g/mol. The van der Waals surface area contributed by atoms with E-state index in [1.54, 1.807) is 25.4 Å². The Morgan fingerprint density at radius 2 is 1.96 bits per heavy atom. The molecule has 3 heterocycles. The van der Waals surface area contributed by atoms with E-state index in [1.165, 1.54) is 6.07 Å². The molecule has 7 nitrogen and oxygen atoms in total. The highest BCUT2D eigenvalue weighted by atomic mass is 16.2. The Morgan fingerprint density at radius 1 is 1.21 bits per heavy atom. The molecule has 3 aromatic rings. The normalized spacial score (nSPS) is 10.6. The molecule has 0 unspecified atom stereocenters. The van der Waals surface area contributed by atoms with Gasteiger partial charge in [0, 0.05) is 29.2 Å². The number of aromatic nitrogens is 4. The third-order valence-electron chi connectivity index (χ3n) is 3.72. The van der Waals surface area contributed by atoms with Crippen molar-refractivity contribution in [2.45, 2.75) is 20.3 Å². The number of hydrogen-bond donors (Lipinski definition) is 3. The number of pyridine rings is 2. The predicted octanol–water partition coefficient (Wildman–Crippen LogP) is 2.28. The summed E-state index contributed by atoms with van der Waals surface area (Å²) in [6.07, 6.45) is 4.06. The summed E-state index contributed by atoms with van der Waals surface area (Å²) < 4.78 is 0. The van der Waals surface area contributed by atoms with Gasteiger partial charge in [-0.3, -0.25) is 19.7 Å². The first kappa shape index (κ1) is 15.7. The highest BCUT2D eigenvalue weighted by Crippen LogP contribution is 2.26. The second-order valence-electron chi connectivity index (χ2n) is 5.35. The zero-order valence-electron chi connectivity index (χ0n) is 13.4. The van der Waals surface area contributed by atoms with Gasteiger partial charge in [-0.15, -0.1) is 0 Å². The fraction of sp³-hybridized carbons (Fsp3) is 0.176. The third kappa shape index (κ3) is 2.96. The summed E-state index contributed by atoms with van der Waals surface area (Å²) in [4.78, 5) is 30.9. The van der Waals surface area contributed by atoms with Crippen molar-refractivity contribution in [3.63, 3.8) is 0 Å². The number of carbonyl (C=O) groups is 1. The number of carbonyl (C=O) groups excluding carboxylic acids is 1. The minimum absolute atomic E-state index is 0.0520. The van der Waals surface area contributed by atoms with Gasteiger partial charge in [-0.2, -0.15) is 5.10 Å². The molecule has 0 aromatic carbocycles. The van der Waals surface area contributed by atoms with Crippen LogP contribution in [0.4, 0.5) is 5.82 Å². The van der Waals surface area contributed by atoms with Gasteiger partial charge in [-0.25, -0.2) is 0 Å². The topological polar surface area (TPSA) is 104 Å². The van der Waals surface area contributed by atoms with Crippen molar-refractivity contribution in [3.8, 4) is 11.3 Å². The predicted molar refractivity (Wildman–Crippen MR) is 90.9 cm³/mol. The largest absolute Gasteiger partial charge is 0.326 e. The lowest BCUT2D eigenvalue weighted by molar-refractivity contribution is 0.102. The van der Waals surface area contributed by atoms with Crippen LogP contribution in [0.5, 0.6) is 0 Å². The second-order valence-corrected chi connectivity index (χ2v) is 5.35. The van der Waals surface area contributed by atoms with Crippen molar-refractivity contribution < 1.29 is 4.79 Å². The lowest BCUT2D eigenvalue weighted by Gasteiger charge is -2.05. The Kier molecular flexibility index (Phi) is 4.24. The number of nitrogens with one attached hydrogen (secondary N) is 3. The van der Waals surface area contributed by atoms with Crippen molar-refractivity contribution >= 4 is 11.7 Å². The second kappa shape index (κ2) is 6.49. The van der Waals surface area contributed by atoms with E-state index in [1.807, 2.05) is 19.1 Å². The smallest absolute Gasteiger partial charge is 0.262 e. The molecule has 0 aliphatic carbocycles. The van der Waals surface area contributed by atoms with Crippen LogP contribution in [0.25, 0.3) is 11.3 Å². The van der Waals surface area contributed by atoms with Crippen LogP contribution in [0, 0.1) is 6.92 Å². The lowest BCUT2D eigenvalue weighted by atomic mass is 10.1. The van der Waals surface area contributed by atoms with Gasteiger partial charge in [0.05, 0.1) is 5.69 Å². The van der Waals surface area contributed by atoms with Gasteiger partial charge < -0.3 is 10.3 Å². The van der Waals surface area contributed by atoms with E-state index in [-0.39, 0.29) is 5.56 Å². The van der Waals surface area contributed by atoms with Gasteiger partial charge in [-0.1, -0.05) is 6.92 Å². The first-order valence-corrected chi connectivity index (χ1v) is 7.59. The van der Waals surface area contributed by atoms with Crippen LogP contribution in [-0.2, 0) is 6.42 Å². The van der Waals surface area contributed by atoms with Crippen molar-refractivity contribution in [1.29, 1.82) is 0 Å². The summed E-state index contributed by atoms with van der Waals surface area (Å²) in [5, 5.41) is 9.84. The van der Waals surface area contributed by atoms with Gasteiger partial charge in [-0.05, 0) is 37.6 Å². The minimum atomic E-state index is -0.487. The molecule has 7 heteroatoms. The molecule has 3 N–H and O–H groups in total. The van der Waals surface area contributed by atoms with Gasteiger partial charge in [0.2, 0.25) is 0 Å². The van der Waals surface area contributed by atoms with Gasteiger partial charge >= 0.3 is 0 Å². The van der Waals surface area contributed by atoms with E-state index in [4.69, 9.17) is 0 Å². The summed E-state index contributed by atoms with van der Waals surface area (Å²) >= 11 is 0. The molecule has 24 heavy (non-hydrogen) atoms. The summed E-state index contributed by atoms with van der Waals surface area (Å²) in [6.45, 7) is 3.73. The fourth-order valence-corrected chi connectivity index (χ4v) is 2.50. The molecule has 0 fully saturated rings. The molecule has 1 amide bonds. The number of hydrogen-bond acceptors (Lipinski definition) is 4. The quantitative estimate of drug-likeness (QED) is 0.685. The number of amides is 1. The van der Waals surface area contributed by atoms with E-state index in [0.29, 0.717) is 17.9 Å². The molecule has 0 aliphatic rings. The zero-order chi connectivity index (χ0) is 17.1. The average Bonchev–Trinajstić information content (AvgIpc) is 2.98. The van der Waals surface area contributed by atoms with Gasteiger partial charge in [0.15, 0.2) is 5.82 Å². The van der Waals surface area contributed by atoms with E-state index < -0.39 is 11.5 Å².